The minimum Gasteiger partial charge on any atom is -0.462 e. The van der Waals surface area contributed by atoms with E-state index < -0.39 is 6.10 Å². The van der Waals surface area contributed by atoms with Crippen LogP contribution in [0.2, 0.25) is 0 Å². The van der Waals surface area contributed by atoms with E-state index in [1.165, 1.54) is 135 Å². The lowest BCUT2D eigenvalue weighted by molar-refractivity contribution is -0.163. The summed E-state index contributed by atoms with van der Waals surface area (Å²) in [4.78, 5) is 25.5. The van der Waals surface area contributed by atoms with Gasteiger partial charge in [0.05, 0.1) is 6.61 Å². The Morgan fingerprint density at radius 1 is 0.338 bits per heavy atom. The molecule has 0 amide bonds. The highest BCUT2D eigenvalue weighted by Gasteiger charge is 2.17. The van der Waals surface area contributed by atoms with Crippen LogP contribution >= 0.6 is 0 Å². The van der Waals surface area contributed by atoms with Crippen molar-refractivity contribution in [2.24, 2.45) is 0 Å². The first-order valence-corrected chi connectivity index (χ1v) is 28.8. The Hall–Kier alpha value is -3.18. The van der Waals surface area contributed by atoms with Crippen molar-refractivity contribution in [1.82, 2.24) is 0 Å². The quantitative estimate of drug-likeness (QED) is 0.0345. The maximum atomic E-state index is 12.8. The molecule has 0 saturated carbocycles. The van der Waals surface area contributed by atoms with Crippen molar-refractivity contribution < 1.29 is 23.8 Å². The molecule has 0 spiro atoms. The van der Waals surface area contributed by atoms with Gasteiger partial charge < -0.3 is 14.2 Å². The third-order valence-electron chi connectivity index (χ3n) is 12.1. The molecule has 68 heavy (non-hydrogen) atoms. The smallest absolute Gasteiger partial charge is 0.306 e. The molecule has 0 radical (unpaired) electrons. The van der Waals surface area contributed by atoms with E-state index in [4.69, 9.17) is 14.2 Å². The number of hydrogen-bond acceptors (Lipinski definition) is 5. The Balaban J connectivity index is 4.39. The lowest BCUT2D eigenvalue weighted by Crippen LogP contribution is -2.30. The van der Waals surface area contributed by atoms with Crippen LogP contribution in [0.3, 0.4) is 0 Å². The highest BCUT2D eigenvalue weighted by Crippen LogP contribution is 2.15. The SMILES string of the molecule is CC/C=C\C/C=C\C/C=C\C/C=C\C/C=C\C/C=C\CCCOCC(COC(=O)CCCCCCCCCCCCCCCCCCC)OC(=O)CCCCCCC/C=C\C/C=C\CCCCC. The predicted octanol–water partition coefficient (Wildman–Crippen LogP) is 19.8. The van der Waals surface area contributed by atoms with E-state index in [1.54, 1.807) is 0 Å². The third-order valence-corrected chi connectivity index (χ3v) is 12.1. The molecule has 0 aromatic rings. The average molecular weight is 946 g/mol. The highest BCUT2D eigenvalue weighted by molar-refractivity contribution is 5.70. The van der Waals surface area contributed by atoms with Crippen molar-refractivity contribution >= 4 is 11.9 Å². The fourth-order valence-corrected chi connectivity index (χ4v) is 7.85. The highest BCUT2D eigenvalue weighted by atomic mass is 16.6. The number of carbonyl (C=O) groups is 2. The van der Waals surface area contributed by atoms with Gasteiger partial charge in [0.2, 0.25) is 0 Å². The molecule has 0 aliphatic rings. The van der Waals surface area contributed by atoms with Crippen molar-refractivity contribution in [2.75, 3.05) is 19.8 Å². The molecule has 0 rings (SSSR count). The van der Waals surface area contributed by atoms with E-state index >= 15 is 0 Å². The van der Waals surface area contributed by atoms with Gasteiger partial charge in [-0.05, 0) is 96.3 Å². The molecule has 1 unspecified atom stereocenters. The largest absolute Gasteiger partial charge is 0.462 e. The molecule has 0 bridgehead atoms. The van der Waals surface area contributed by atoms with Gasteiger partial charge in [0.1, 0.15) is 6.61 Å². The zero-order valence-electron chi connectivity index (χ0n) is 44.8. The van der Waals surface area contributed by atoms with Gasteiger partial charge in [-0.15, -0.1) is 0 Å². The van der Waals surface area contributed by atoms with Crippen LogP contribution in [-0.2, 0) is 23.8 Å². The second-order valence-electron chi connectivity index (χ2n) is 18.8. The maximum absolute atomic E-state index is 12.8. The molecule has 0 fully saturated rings. The molecular formula is C63H108O5. The molecule has 5 heteroatoms. The van der Waals surface area contributed by atoms with Crippen molar-refractivity contribution in [3.63, 3.8) is 0 Å². The van der Waals surface area contributed by atoms with Gasteiger partial charge in [-0.2, -0.15) is 0 Å². The predicted molar refractivity (Wildman–Crippen MR) is 297 cm³/mol. The van der Waals surface area contributed by atoms with Crippen LogP contribution in [0, 0.1) is 0 Å². The van der Waals surface area contributed by atoms with Crippen molar-refractivity contribution in [3.05, 3.63) is 97.2 Å². The summed E-state index contributed by atoms with van der Waals surface area (Å²) in [5.41, 5.74) is 0. The lowest BCUT2D eigenvalue weighted by Gasteiger charge is -2.18. The second kappa shape index (κ2) is 58.1. The summed E-state index contributed by atoms with van der Waals surface area (Å²) in [5, 5.41) is 0. The zero-order chi connectivity index (χ0) is 49.2. The van der Waals surface area contributed by atoms with Crippen LogP contribution in [0.4, 0.5) is 0 Å². The van der Waals surface area contributed by atoms with E-state index in [0.717, 1.165) is 96.3 Å². The first-order valence-electron chi connectivity index (χ1n) is 28.8. The minimum atomic E-state index is -0.578. The van der Waals surface area contributed by atoms with Crippen LogP contribution in [0.5, 0.6) is 0 Å². The Kier molecular flexibility index (Phi) is 55.4. The van der Waals surface area contributed by atoms with Gasteiger partial charge in [0.25, 0.3) is 0 Å². The molecule has 0 aromatic heterocycles. The molecule has 0 N–H and O–H groups in total. The van der Waals surface area contributed by atoms with Gasteiger partial charge >= 0.3 is 11.9 Å². The van der Waals surface area contributed by atoms with E-state index in [0.29, 0.717) is 19.4 Å². The van der Waals surface area contributed by atoms with E-state index in [2.05, 4.69) is 118 Å². The number of carbonyl (C=O) groups excluding carboxylic acids is 2. The minimum absolute atomic E-state index is 0.0544. The van der Waals surface area contributed by atoms with Crippen LogP contribution in [0.25, 0.3) is 0 Å². The zero-order valence-corrected chi connectivity index (χ0v) is 44.8. The number of esters is 2. The molecule has 0 heterocycles. The molecule has 390 valence electrons. The lowest BCUT2D eigenvalue weighted by atomic mass is 10.0. The first kappa shape index (κ1) is 64.8. The monoisotopic (exact) mass is 945 g/mol. The molecule has 0 aliphatic carbocycles. The number of unbranched alkanes of at least 4 members (excludes halogenated alkanes) is 25. The number of ether oxygens (including phenoxy) is 3. The van der Waals surface area contributed by atoms with E-state index in [9.17, 15) is 9.59 Å². The van der Waals surface area contributed by atoms with Gasteiger partial charge in [-0.3, -0.25) is 9.59 Å². The molecule has 5 nitrogen and oxygen atoms in total. The van der Waals surface area contributed by atoms with Crippen LogP contribution < -0.4 is 0 Å². The molecule has 1 atom stereocenters. The van der Waals surface area contributed by atoms with Crippen LogP contribution in [0.15, 0.2) is 97.2 Å². The third kappa shape index (κ3) is 55.4. The second-order valence-corrected chi connectivity index (χ2v) is 18.8. The van der Waals surface area contributed by atoms with Gasteiger partial charge in [0.15, 0.2) is 6.10 Å². The van der Waals surface area contributed by atoms with Gasteiger partial charge in [-0.1, -0.05) is 253 Å². The maximum Gasteiger partial charge on any atom is 0.306 e. The fraction of sp³-hybridized carbons (Fsp3) is 0.714. The summed E-state index contributed by atoms with van der Waals surface area (Å²) in [6, 6.07) is 0. The van der Waals surface area contributed by atoms with Crippen molar-refractivity contribution in [3.8, 4) is 0 Å². The van der Waals surface area contributed by atoms with E-state index in [1.807, 2.05) is 0 Å². The average Bonchev–Trinajstić information content (AvgIpc) is 3.34. The van der Waals surface area contributed by atoms with Gasteiger partial charge in [0, 0.05) is 19.4 Å². The Morgan fingerprint density at radius 3 is 1.09 bits per heavy atom. The Labute approximate surface area is 422 Å². The number of hydrogen-bond donors (Lipinski definition) is 0. The summed E-state index contributed by atoms with van der Waals surface area (Å²) in [6.07, 6.45) is 78.6. The summed E-state index contributed by atoms with van der Waals surface area (Å²) >= 11 is 0. The molecule has 0 aromatic carbocycles. The summed E-state index contributed by atoms with van der Waals surface area (Å²) in [5.74, 6) is -0.440. The van der Waals surface area contributed by atoms with E-state index in [-0.39, 0.29) is 25.2 Å². The Morgan fingerprint density at radius 2 is 0.662 bits per heavy atom. The standard InChI is InChI=1S/C63H108O5/c1-4-7-10-13-16-19-22-25-28-30-31-32-34-37-40-43-46-49-52-55-58-66-59-61(68-63(65)57-54-51-48-45-42-39-35-27-24-21-18-15-12-9-6-3)60-67-62(64)56-53-50-47-44-41-38-36-33-29-26-23-20-17-14-11-8-5-2/h7,10,16,18-19,21,25,27-28,31-32,35,37,40,46,49,61H,4-6,8-9,11-15,17,20,22-24,26,29-30,33-34,36,38-39,41-45,47-48,50-60H2,1-3H3/b10-7-,19-16-,21-18-,28-25-,32-31-,35-27-,40-37-,49-46-. The molecule has 0 saturated heterocycles. The number of rotatable bonds is 52. The summed E-state index contributed by atoms with van der Waals surface area (Å²) in [6.45, 7) is 7.55. The first-order chi connectivity index (χ1) is 33.6. The summed E-state index contributed by atoms with van der Waals surface area (Å²) in [7, 11) is 0. The number of allylic oxidation sites excluding steroid dienone is 16. The van der Waals surface area contributed by atoms with Crippen molar-refractivity contribution in [2.45, 2.75) is 271 Å². The van der Waals surface area contributed by atoms with Crippen LogP contribution in [0.1, 0.15) is 265 Å². The summed E-state index contributed by atoms with van der Waals surface area (Å²) < 4.78 is 17.4. The van der Waals surface area contributed by atoms with Crippen molar-refractivity contribution in [1.29, 1.82) is 0 Å². The Bertz CT molecular complexity index is 1300. The topological polar surface area (TPSA) is 61.8 Å². The molecule has 0 aliphatic heterocycles. The molecular weight excluding hydrogens is 837 g/mol. The fourth-order valence-electron chi connectivity index (χ4n) is 7.85. The van der Waals surface area contributed by atoms with Crippen LogP contribution in [-0.4, -0.2) is 37.9 Å². The van der Waals surface area contributed by atoms with Gasteiger partial charge in [-0.25, -0.2) is 0 Å². The normalized spacial score (nSPS) is 12.9.